The fourth-order valence-corrected chi connectivity index (χ4v) is 5.16. The number of furan rings is 1. The number of pyridine rings is 1. The molecule has 0 amide bonds. The van der Waals surface area contributed by atoms with Gasteiger partial charge in [0.2, 0.25) is 0 Å². The molecule has 2 nitrogen and oxygen atoms in total. The van der Waals surface area contributed by atoms with Crippen LogP contribution >= 0.6 is 0 Å². The van der Waals surface area contributed by atoms with Crippen LogP contribution in [-0.2, 0) is 10.8 Å². The molecule has 3 aromatic carbocycles. The minimum Gasteiger partial charge on any atom is -0.453 e. The molecule has 5 aromatic rings. The maximum Gasteiger partial charge on any atom is 0.161 e. The van der Waals surface area contributed by atoms with Crippen molar-refractivity contribution in [2.24, 2.45) is 0 Å². The molecule has 0 N–H and O–H groups in total. The fraction of sp³-hybridized carbons (Fsp3) is 0.300. The Hall–Kier alpha value is -3.13. The Morgan fingerprint density at radius 1 is 0.875 bits per heavy atom. The SMILES string of the molecule is [2H]c1nc(-c2cc3c([2H])c([2H])c([2H])c([2H])c3c([2H])c2[2H])c2oc3c(C)c4c(c([2H])c3c2c1[2H])C(C)(C)CCC4(C)C. The number of hydrogen-bond acceptors (Lipinski definition) is 2. The van der Waals surface area contributed by atoms with E-state index in [1.807, 2.05) is 6.92 Å². The summed E-state index contributed by atoms with van der Waals surface area (Å²) in [6.45, 7) is 10.5. The molecule has 2 aromatic heterocycles. The first-order valence-corrected chi connectivity index (χ1v) is 10.9. The average molecular weight is 429 g/mol. The third-order valence-electron chi connectivity index (χ3n) is 7.00. The fourth-order valence-electron chi connectivity index (χ4n) is 5.16. The molecule has 0 saturated carbocycles. The van der Waals surface area contributed by atoms with Crippen LogP contribution in [0.4, 0.5) is 0 Å². The summed E-state index contributed by atoms with van der Waals surface area (Å²) in [5.41, 5.74) is 2.94. The molecule has 0 bridgehead atoms. The molecule has 1 aliphatic carbocycles. The molecule has 0 fully saturated rings. The topological polar surface area (TPSA) is 26.0 Å². The van der Waals surface area contributed by atoms with Crippen LogP contribution in [0.5, 0.6) is 0 Å². The van der Waals surface area contributed by atoms with Crippen LogP contribution in [0, 0.1) is 6.92 Å². The smallest absolute Gasteiger partial charge is 0.161 e. The van der Waals surface area contributed by atoms with E-state index in [2.05, 4.69) is 32.7 Å². The highest BCUT2D eigenvalue weighted by Gasteiger charge is 2.39. The van der Waals surface area contributed by atoms with Gasteiger partial charge in [0.15, 0.2) is 5.58 Å². The van der Waals surface area contributed by atoms with Crippen LogP contribution in [0.3, 0.4) is 0 Å². The van der Waals surface area contributed by atoms with Gasteiger partial charge in [-0.2, -0.15) is 0 Å². The van der Waals surface area contributed by atoms with E-state index >= 15 is 0 Å². The van der Waals surface area contributed by atoms with E-state index in [0.29, 0.717) is 11.0 Å². The molecule has 1 aliphatic rings. The molecule has 6 rings (SSSR count). The molecule has 0 unspecified atom stereocenters. The predicted octanol–water partition coefficient (Wildman–Crippen LogP) is 8.46. The van der Waals surface area contributed by atoms with Gasteiger partial charge in [0.25, 0.3) is 0 Å². The van der Waals surface area contributed by atoms with Crippen LogP contribution in [0.15, 0.2) is 65.0 Å². The third kappa shape index (κ3) is 2.68. The second-order valence-electron chi connectivity index (χ2n) is 10.1. The number of hydrogen-bond donors (Lipinski definition) is 0. The van der Waals surface area contributed by atoms with Gasteiger partial charge in [-0.3, -0.25) is 4.98 Å². The maximum atomic E-state index is 9.39. The molecule has 0 radical (unpaired) electrons. The summed E-state index contributed by atoms with van der Waals surface area (Å²) in [4.78, 5) is 4.31. The Labute approximate surface area is 201 Å². The van der Waals surface area contributed by atoms with E-state index in [1.54, 1.807) is 0 Å². The summed E-state index contributed by atoms with van der Waals surface area (Å²) in [5.74, 6) is 0. The standard InChI is InChI=1S/C30H29NO/c1-18-25-24(29(2,3)13-14-30(25,4)5)17-23-22-12-15-31-26(28(22)32-27(18)23)21-11-10-19-8-6-7-9-20(19)16-21/h6-12,15-17H,13-14H2,1-5H3/i6D,7D,8D,9D,10D,11D,12D,15D,17D. The first-order valence-electron chi connectivity index (χ1n) is 15.4. The second-order valence-corrected chi connectivity index (χ2v) is 10.1. The number of aromatic nitrogens is 1. The monoisotopic (exact) mass is 428 g/mol. The van der Waals surface area contributed by atoms with Crippen molar-refractivity contribution >= 4 is 32.7 Å². The molecule has 2 heterocycles. The van der Waals surface area contributed by atoms with Crippen molar-refractivity contribution < 1.29 is 16.8 Å². The molecular formula is C30H29NO. The Kier molecular flexibility index (Phi) is 2.46. The van der Waals surface area contributed by atoms with Crippen LogP contribution in [-0.4, -0.2) is 4.98 Å². The summed E-state index contributed by atoms with van der Waals surface area (Å²) in [5, 5.41) is 0.640. The van der Waals surface area contributed by atoms with Crippen molar-refractivity contribution in [2.45, 2.75) is 58.3 Å². The number of rotatable bonds is 1. The quantitative estimate of drug-likeness (QED) is 0.268. The number of fused-ring (bicyclic) bond motifs is 5. The summed E-state index contributed by atoms with van der Waals surface area (Å²) in [7, 11) is 0. The lowest BCUT2D eigenvalue weighted by Crippen LogP contribution is -2.34. The minimum absolute atomic E-state index is 0.0281. The normalized spacial score (nSPS) is 21.1. The van der Waals surface area contributed by atoms with Gasteiger partial charge in [-0.15, -0.1) is 0 Å². The molecule has 32 heavy (non-hydrogen) atoms. The minimum atomic E-state index is -0.485. The van der Waals surface area contributed by atoms with Gasteiger partial charge in [-0.25, -0.2) is 0 Å². The van der Waals surface area contributed by atoms with Crippen molar-refractivity contribution in [1.82, 2.24) is 4.98 Å². The van der Waals surface area contributed by atoms with Crippen LogP contribution in [0.1, 0.15) is 69.6 Å². The van der Waals surface area contributed by atoms with E-state index in [-0.39, 0.29) is 74.2 Å². The first-order chi connectivity index (χ1) is 19.0. The van der Waals surface area contributed by atoms with Crippen molar-refractivity contribution in [2.75, 3.05) is 0 Å². The van der Waals surface area contributed by atoms with E-state index in [0.717, 1.165) is 29.5 Å². The van der Waals surface area contributed by atoms with E-state index in [4.69, 9.17) is 15.4 Å². The van der Waals surface area contributed by atoms with Crippen molar-refractivity contribution in [1.29, 1.82) is 0 Å². The lowest BCUT2D eigenvalue weighted by Gasteiger charge is -2.42. The van der Waals surface area contributed by atoms with E-state index < -0.39 is 24.2 Å². The third-order valence-corrected chi connectivity index (χ3v) is 7.00. The lowest BCUT2D eigenvalue weighted by molar-refractivity contribution is 0.330. The van der Waals surface area contributed by atoms with Crippen LogP contribution in [0.25, 0.3) is 44.0 Å². The van der Waals surface area contributed by atoms with Crippen molar-refractivity contribution in [3.63, 3.8) is 0 Å². The van der Waals surface area contributed by atoms with Crippen LogP contribution < -0.4 is 0 Å². The average Bonchev–Trinajstić information content (AvgIpc) is 3.32. The zero-order valence-electron chi connectivity index (χ0n) is 27.8. The van der Waals surface area contributed by atoms with Gasteiger partial charge in [0.1, 0.15) is 11.3 Å². The molecule has 2 heteroatoms. The zero-order chi connectivity index (χ0) is 30.1. The van der Waals surface area contributed by atoms with Crippen LogP contribution in [0.2, 0.25) is 0 Å². The zero-order valence-corrected chi connectivity index (χ0v) is 18.8. The highest BCUT2D eigenvalue weighted by molar-refractivity contribution is 6.10. The van der Waals surface area contributed by atoms with Gasteiger partial charge in [-0.05, 0) is 76.2 Å². The molecule has 0 spiro atoms. The Balaban J connectivity index is 1.81. The first kappa shape index (κ1) is 12.2. The van der Waals surface area contributed by atoms with Gasteiger partial charge >= 0.3 is 0 Å². The number of aryl methyl sites for hydroxylation is 1. The summed E-state index contributed by atoms with van der Waals surface area (Å²) < 4.78 is 83.5. The van der Waals surface area contributed by atoms with Gasteiger partial charge in [-0.1, -0.05) is 63.9 Å². The van der Waals surface area contributed by atoms with Crippen molar-refractivity contribution in [3.05, 3.63) is 77.3 Å². The maximum absolute atomic E-state index is 9.39. The van der Waals surface area contributed by atoms with Gasteiger partial charge < -0.3 is 4.42 Å². The summed E-state index contributed by atoms with van der Waals surface area (Å²) in [6.07, 6.45) is 1.44. The largest absolute Gasteiger partial charge is 0.453 e. The molecular weight excluding hydrogens is 390 g/mol. The van der Waals surface area contributed by atoms with Gasteiger partial charge in [0, 0.05) is 22.5 Å². The van der Waals surface area contributed by atoms with Crippen molar-refractivity contribution in [3.8, 4) is 11.3 Å². The lowest BCUT2D eigenvalue weighted by atomic mass is 9.62. The summed E-state index contributed by atoms with van der Waals surface area (Å²) in [6, 6.07) is -0.988. The molecule has 0 saturated heterocycles. The Bertz CT molecular complexity index is 2010. The van der Waals surface area contributed by atoms with Gasteiger partial charge in [0.05, 0.1) is 12.3 Å². The molecule has 0 aliphatic heterocycles. The highest BCUT2D eigenvalue weighted by Crippen LogP contribution is 2.50. The predicted molar refractivity (Wildman–Crippen MR) is 134 cm³/mol. The second kappa shape index (κ2) is 6.45. The van der Waals surface area contributed by atoms with E-state index in [1.165, 1.54) is 6.07 Å². The Morgan fingerprint density at radius 3 is 2.44 bits per heavy atom. The number of benzene rings is 3. The number of nitrogens with zero attached hydrogens (tertiary/aromatic N) is 1. The molecule has 160 valence electrons. The highest BCUT2D eigenvalue weighted by atomic mass is 16.3. The Morgan fingerprint density at radius 2 is 1.62 bits per heavy atom. The summed E-state index contributed by atoms with van der Waals surface area (Å²) >= 11 is 0. The molecule has 0 atom stereocenters. The van der Waals surface area contributed by atoms with E-state index in [9.17, 15) is 1.37 Å².